The Morgan fingerprint density at radius 3 is 2.57 bits per heavy atom. The molecule has 0 aliphatic rings. The van der Waals surface area contributed by atoms with E-state index in [4.69, 9.17) is 9.84 Å². The van der Waals surface area contributed by atoms with E-state index in [1.165, 1.54) is 6.08 Å². The number of carbonyl (C=O) groups excluding carboxylic acids is 1. The van der Waals surface area contributed by atoms with Crippen molar-refractivity contribution in [2.75, 3.05) is 19.7 Å². The van der Waals surface area contributed by atoms with Gasteiger partial charge >= 0.3 is 11.9 Å². The van der Waals surface area contributed by atoms with Gasteiger partial charge in [0.05, 0.1) is 12.8 Å². The summed E-state index contributed by atoms with van der Waals surface area (Å²) in [5.41, 5.74) is 0. The SMILES string of the molecule is C=CCOC(=O)CCNCCC(=O)O. The molecule has 0 bridgehead atoms. The predicted octanol–water partition coefficient (Wildman–Crippen LogP) is 0.170. The Hall–Kier alpha value is -1.36. The third kappa shape index (κ3) is 8.73. The maximum atomic E-state index is 10.9. The van der Waals surface area contributed by atoms with E-state index in [1.54, 1.807) is 0 Å². The van der Waals surface area contributed by atoms with Gasteiger partial charge in [-0.05, 0) is 0 Å². The second-order valence-electron chi connectivity index (χ2n) is 2.62. The summed E-state index contributed by atoms with van der Waals surface area (Å²) in [4.78, 5) is 21.0. The minimum Gasteiger partial charge on any atom is -0.481 e. The number of nitrogens with one attached hydrogen (secondary N) is 1. The number of hydrogen-bond donors (Lipinski definition) is 2. The summed E-state index contributed by atoms with van der Waals surface area (Å²) in [7, 11) is 0. The zero-order valence-corrected chi connectivity index (χ0v) is 7.99. The fourth-order valence-corrected chi connectivity index (χ4v) is 0.735. The van der Waals surface area contributed by atoms with Gasteiger partial charge in [-0.3, -0.25) is 9.59 Å². The van der Waals surface area contributed by atoms with E-state index in [-0.39, 0.29) is 25.4 Å². The molecule has 0 radical (unpaired) electrons. The second-order valence-corrected chi connectivity index (χ2v) is 2.62. The largest absolute Gasteiger partial charge is 0.481 e. The monoisotopic (exact) mass is 201 g/mol. The lowest BCUT2D eigenvalue weighted by Gasteiger charge is -2.02. The Bertz CT molecular complexity index is 203. The molecule has 80 valence electrons. The molecular formula is C9H15NO4. The first-order chi connectivity index (χ1) is 6.66. The molecule has 0 aliphatic carbocycles. The van der Waals surface area contributed by atoms with Crippen molar-refractivity contribution in [2.45, 2.75) is 12.8 Å². The lowest BCUT2D eigenvalue weighted by atomic mass is 10.4. The minimum absolute atomic E-state index is 0.0572. The van der Waals surface area contributed by atoms with Crippen LogP contribution in [0.3, 0.4) is 0 Å². The lowest BCUT2D eigenvalue weighted by Crippen LogP contribution is -2.22. The van der Waals surface area contributed by atoms with E-state index in [0.717, 1.165) is 0 Å². The van der Waals surface area contributed by atoms with Gasteiger partial charge in [0, 0.05) is 13.1 Å². The van der Waals surface area contributed by atoms with E-state index >= 15 is 0 Å². The quantitative estimate of drug-likeness (QED) is 0.332. The lowest BCUT2D eigenvalue weighted by molar-refractivity contribution is -0.142. The summed E-state index contributed by atoms with van der Waals surface area (Å²) >= 11 is 0. The highest BCUT2D eigenvalue weighted by atomic mass is 16.5. The Morgan fingerprint density at radius 2 is 2.00 bits per heavy atom. The van der Waals surface area contributed by atoms with Crippen molar-refractivity contribution in [3.8, 4) is 0 Å². The van der Waals surface area contributed by atoms with Crippen molar-refractivity contribution in [1.29, 1.82) is 0 Å². The highest BCUT2D eigenvalue weighted by Crippen LogP contribution is 1.85. The van der Waals surface area contributed by atoms with Crippen molar-refractivity contribution < 1.29 is 19.4 Å². The molecule has 0 rings (SSSR count). The van der Waals surface area contributed by atoms with Gasteiger partial charge in [-0.1, -0.05) is 12.7 Å². The van der Waals surface area contributed by atoms with Crippen LogP contribution in [0.5, 0.6) is 0 Å². The van der Waals surface area contributed by atoms with Crippen LogP contribution < -0.4 is 5.32 Å². The van der Waals surface area contributed by atoms with Crippen molar-refractivity contribution >= 4 is 11.9 Å². The van der Waals surface area contributed by atoms with E-state index < -0.39 is 5.97 Å². The molecule has 0 aliphatic heterocycles. The molecular weight excluding hydrogens is 186 g/mol. The van der Waals surface area contributed by atoms with E-state index in [0.29, 0.717) is 13.1 Å². The molecule has 0 saturated heterocycles. The number of ether oxygens (including phenoxy) is 1. The van der Waals surface area contributed by atoms with Gasteiger partial charge in [0.2, 0.25) is 0 Å². The van der Waals surface area contributed by atoms with Crippen LogP contribution in [0.1, 0.15) is 12.8 Å². The molecule has 0 amide bonds. The first kappa shape index (κ1) is 12.6. The second kappa shape index (κ2) is 8.25. The molecule has 2 N–H and O–H groups in total. The van der Waals surface area contributed by atoms with Crippen LogP contribution in [0.4, 0.5) is 0 Å². The standard InChI is InChI=1S/C9H15NO4/c1-2-7-14-9(13)4-6-10-5-3-8(11)12/h2,10H,1,3-7H2,(H,11,12). The van der Waals surface area contributed by atoms with Gasteiger partial charge < -0.3 is 15.2 Å². The average Bonchev–Trinajstić information content (AvgIpc) is 2.13. The van der Waals surface area contributed by atoms with Gasteiger partial charge in [-0.25, -0.2) is 0 Å². The summed E-state index contributed by atoms with van der Waals surface area (Å²) in [6.07, 6.45) is 1.80. The molecule has 0 atom stereocenters. The molecule has 0 fully saturated rings. The Kier molecular flexibility index (Phi) is 7.45. The number of rotatable bonds is 8. The number of esters is 1. The molecule has 0 spiro atoms. The summed E-state index contributed by atoms with van der Waals surface area (Å²) in [6.45, 7) is 4.42. The topological polar surface area (TPSA) is 75.6 Å². The fraction of sp³-hybridized carbons (Fsp3) is 0.556. The molecule has 0 heterocycles. The molecule has 0 unspecified atom stereocenters. The molecule has 5 nitrogen and oxygen atoms in total. The van der Waals surface area contributed by atoms with Gasteiger partial charge in [-0.2, -0.15) is 0 Å². The third-order valence-corrected chi connectivity index (χ3v) is 1.38. The van der Waals surface area contributed by atoms with E-state index in [2.05, 4.69) is 11.9 Å². The highest BCUT2D eigenvalue weighted by Gasteiger charge is 2.01. The van der Waals surface area contributed by atoms with E-state index in [1.807, 2.05) is 0 Å². The number of carboxylic acid groups (broad SMARTS) is 1. The number of carbonyl (C=O) groups is 2. The van der Waals surface area contributed by atoms with Gasteiger partial charge in [0.15, 0.2) is 0 Å². The zero-order valence-electron chi connectivity index (χ0n) is 7.99. The average molecular weight is 201 g/mol. The molecule has 0 saturated carbocycles. The van der Waals surface area contributed by atoms with Crippen LogP contribution in [-0.2, 0) is 14.3 Å². The van der Waals surface area contributed by atoms with Gasteiger partial charge in [0.1, 0.15) is 6.61 Å². The fourth-order valence-electron chi connectivity index (χ4n) is 0.735. The Labute approximate surface area is 82.7 Å². The number of hydrogen-bond acceptors (Lipinski definition) is 4. The summed E-state index contributed by atoms with van der Waals surface area (Å²) in [5.74, 6) is -1.17. The smallest absolute Gasteiger partial charge is 0.307 e. The molecule has 14 heavy (non-hydrogen) atoms. The molecule has 0 aromatic rings. The molecule has 0 aromatic heterocycles. The van der Waals surface area contributed by atoms with Crippen LogP contribution in [0, 0.1) is 0 Å². The molecule has 5 heteroatoms. The first-order valence-electron chi connectivity index (χ1n) is 4.36. The van der Waals surface area contributed by atoms with E-state index in [9.17, 15) is 9.59 Å². The normalized spacial score (nSPS) is 9.43. The van der Waals surface area contributed by atoms with Crippen LogP contribution in [0.2, 0.25) is 0 Å². The maximum absolute atomic E-state index is 10.9. The zero-order chi connectivity index (χ0) is 10.8. The van der Waals surface area contributed by atoms with Crippen LogP contribution >= 0.6 is 0 Å². The summed E-state index contributed by atoms with van der Waals surface area (Å²) in [5, 5.41) is 11.1. The Balaban J connectivity index is 3.22. The maximum Gasteiger partial charge on any atom is 0.307 e. The van der Waals surface area contributed by atoms with Crippen molar-refractivity contribution in [1.82, 2.24) is 5.32 Å². The van der Waals surface area contributed by atoms with Crippen LogP contribution in [0.15, 0.2) is 12.7 Å². The van der Waals surface area contributed by atoms with Crippen molar-refractivity contribution in [2.24, 2.45) is 0 Å². The third-order valence-electron chi connectivity index (χ3n) is 1.38. The first-order valence-corrected chi connectivity index (χ1v) is 4.36. The number of carboxylic acids is 1. The van der Waals surface area contributed by atoms with Crippen molar-refractivity contribution in [3.63, 3.8) is 0 Å². The number of aliphatic carboxylic acids is 1. The predicted molar refractivity (Wildman–Crippen MR) is 50.9 cm³/mol. The van der Waals surface area contributed by atoms with Gasteiger partial charge in [0.25, 0.3) is 0 Å². The Morgan fingerprint density at radius 1 is 1.36 bits per heavy atom. The van der Waals surface area contributed by atoms with Crippen LogP contribution in [0.25, 0.3) is 0 Å². The molecule has 0 aromatic carbocycles. The van der Waals surface area contributed by atoms with Crippen molar-refractivity contribution in [3.05, 3.63) is 12.7 Å². The van der Waals surface area contributed by atoms with Gasteiger partial charge in [-0.15, -0.1) is 0 Å². The minimum atomic E-state index is -0.855. The summed E-state index contributed by atoms with van der Waals surface area (Å²) in [6, 6.07) is 0. The highest BCUT2D eigenvalue weighted by molar-refractivity contribution is 5.69. The summed E-state index contributed by atoms with van der Waals surface area (Å²) < 4.78 is 4.71. The van der Waals surface area contributed by atoms with Crippen LogP contribution in [-0.4, -0.2) is 36.7 Å².